The fourth-order valence-electron chi connectivity index (χ4n) is 1.34. The Morgan fingerprint density at radius 3 is 2.86 bits per heavy atom. The first kappa shape index (κ1) is 10.1. The average molecular weight is 245 g/mol. The minimum absolute atomic E-state index is 0.355. The van der Waals surface area contributed by atoms with Crippen molar-refractivity contribution < 1.29 is 5.11 Å². The van der Waals surface area contributed by atoms with Crippen molar-refractivity contribution in [3.8, 4) is 5.75 Å². The van der Waals surface area contributed by atoms with Crippen molar-refractivity contribution >= 4 is 44.8 Å². The SMILES string of the molecule is CSc1cc2cc(CCl)sc2cc1O. The van der Waals surface area contributed by atoms with Gasteiger partial charge in [-0.15, -0.1) is 34.7 Å². The summed E-state index contributed by atoms with van der Waals surface area (Å²) >= 11 is 8.93. The fourth-order valence-corrected chi connectivity index (χ4v) is 3.02. The molecule has 74 valence electrons. The van der Waals surface area contributed by atoms with Crippen LogP contribution in [0.3, 0.4) is 0 Å². The van der Waals surface area contributed by atoms with Gasteiger partial charge in [-0.1, -0.05) is 0 Å². The van der Waals surface area contributed by atoms with Crippen LogP contribution in [-0.4, -0.2) is 11.4 Å². The number of halogens is 1. The van der Waals surface area contributed by atoms with Crippen LogP contribution >= 0.6 is 34.7 Å². The molecule has 14 heavy (non-hydrogen) atoms. The van der Waals surface area contributed by atoms with Crippen molar-refractivity contribution in [3.63, 3.8) is 0 Å². The van der Waals surface area contributed by atoms with Gasteiger partial charge >= 0.3 is 0 Å². The lowest BCUT2D eigenvalue weighted by Gasteiger charge is -1.99. The molecule has 1 nitrogen and oxygen atoms in total. The highest BCUT2D eigenvalue weighted by Gasteiger charge is 2.06. The van der Waals surface area contributed by atoms with Gasteiger partial charge in [0, 0.05) is 14.5 Å². The molecule has 2 rings (SSSR count). The zero-order valence-corrected chi connectivity index (χ0v) is 9.97. The van der Waals surface area contributed by atoms with Crippen molar-refractivity contribution in [2.75, 3.05) is 6.26 Å². The van der Waals surface area contributed by atoms with Gasteiger partial charge in [0.05, 0.1) is 5.88 Å². The molecule has 1 heterocycles. The van der Waals surface area contributed by atoms with Gasteiger partial charge in [-0.2, -0.15) is 0 Å². The molecule has 0 bridgehead atoms. The Labute approximate surface area is 95.7 Å². The molecule has 0 saturated carbocycles. The van der Waals surface area contributed by atoms with Crippen LogP contribution in [0.4, 0.5) is 0 Å². The summed E-state index contributed by atoms with van der Waals surface area (Å²) in [5.74, 6) is 0.891. The highest BCUT2D eigenvalue weighted by molar-refractivity contribution is 7.98. The highest BCUT2D eigenvalue weighted by Crippen LogP contribution is 2.35. The van der Waals surface area contributed by atoms with E-state index in [-0.39, 0.29) is 0 Å². The van der Waals surface area contributed by atoms with Crippen molar-refractivity contribution in [3.05, 3.63) is 23.1 Å². The summed E-state index contributed by atoms with van der Waals surface area (Å²) in [4.78, 5) is 2.05. The van der Waals surface area contributed by atoms with Crippen molar-refractivity contribution in [1.82, 2.24) is 0 Å². The second kappa shape index (κ2) is 4.01. The number of hydrogen-bond acceptors (Lipinski definition) is 3. The van der Waals surface area contributed by atoms with Gasteiger partial charge in [0.15, 0.2) is 0 Å². The van der Waals surface area contributed by atoms with Crippen molar-refractivity contribution in [2.45, 2.75) is 10.8 Å². The molecule has 0 atom stereocenters. The molecule has 0 aliphatic carbocycles. The second-order valence-electron chi connectivity index (χ2n) is 2.91. The van der Waals surface area contributed by atoms with E-state index in [9.17, 15) is 5.11 Å². The second-order valence-corrected chi connectivity index (χ2v) is 5.19. The molecular formula is C10H9ClOS2. The summed E-state index contributed by atoms with van der Waals surface area (Å²) < 4.78 is 1.09. The number of fused-ring (bicyclic) bond motifs is 1. The number of thiophene rings is 1. The molecule has 0 aliphatic rings. The average Bonchev–Trinajstić information content (AvgIpc) is 2.58. The molecule has 0 amide bonds. The van der Waals surface area contributed by atoms with E-state index in [2.05, 4.69) is 6.07 Å². The minimum Gasteiger partial charge on any atom is -0.507 e. The highest BCUT2D eigenvalue weighted by atomic mass is 35.5. The van der Waals surface area contributed by atoms with Gasteiger partial charge in [0.2, 0.25) is 0 Å². The number of aromatic hydroxyl groups is 1. The molecule has 1 aromatic carbocycles. The number of hydrogen-bond donors (Lipinski definition) is 1. The standard InChI is InChI=1S/C10H9ClOS2/c1-13-10-3-6-2-7(5-11)14-9(6)4-8(10)12/h2-4,12H,5H2,1H3. The van der Waals surface area contributed by atoms with Crippen LogP contribution in [0.1, 0.15) is 4.88 Å². The summed E-state index contributed by atoms with van der Waals surface area (Å²) in [6.07, 6.45) is 1.95. The van der Waals surface area contributed by atoms with Crippen LogP contribution in [0, 0.1) is 0 Å². The lowest BCUT2D eigenvalue weighted by molar-refractivity contribution is 0.463. The first-order valence-corrected chi connectivity index (χ1v) is 6.67. The number of phenolic OH excluding ortho intramolecular Hbond substituents is 1. The van der Waals surface area contributed by atoms with Crippen LogP contribution in [-0.2, 0) is 5.88 Å². The van der Waals surface area contributed by atoms with E-state index in [0.717, 1.165) is 19.9 Å². The fraction of sp³-hybridized carbons (Fsp3) is 0.200. The molecular weight excluding hydrogens is 236 g/mol. The first-order valence-electron chi connectivity index (χ1n) is 4.10. The maximum atomic E-state index is 9.64. The quantitative estimate of drug-likeness (QED) is 0.635. The van der Waals surface area contributed by atoms with Gasteiger partial charge < -0.3 is 5.11 Å². The molecule has 0 saturated heterocycles. The number of benzene rings is 1. The van der Waals surface area contributed by atoms with E-state index in [1.54, 1.807) is 23.1 Å². The summed E-state index contributed by atoms with van der Waals surface area (Å²) in [5.41, 5.74) is 0. The molecule has 1 N–H and O–H groups in total. The van der Waals surface area contributed by atoms with Crippen molar-refractivity contribution in [1.29, 1.82) is 0 Å². The van der Waals surface area contributed by atoms with Crippen LogP contribution < -0.4 is 0 Å². The van der Waals surface area contributed by atoms with E-state index in [1.807, 2.05) is 18.4 Å². The molecule has 4 heteroatoms. The van der Waals surface area contributed by atoms with Crippen molar-refractivity contribution in [2.24, 2.45) is 0 Å². The third-order valence-electron chi connectivity index (χ3n) is 2.00. The van der Waals surface area contributed by atoms with Crippen LogP contribution in [0.5, 0.6) is 5.75 Å². The van der Waals surface area contributed by atoms with Crippen LogP contribution in [0.15, 0.2) is 23.1 Å². The van der Waals surface area contributed by atoms with Gasteiger partial charge in [-0.05, 0) is 29.8 Å². The summed E-state index contributed by atoms with van der Waals surface area (Å²) in [5, 5.41) is 10.8. The normalized spacial score (nSPS) is 11.0. The lowest BCUT2D eigenvalue weighted by atomic mass is 10.2. The molecule has 0 fully saturated rings. The predicted molar refractivity (Wildman–Crippen MR) is 64.8 cm³/mol. The Morgan fingerprint density at radius 2 is 2.21 bits per heavy atom. The molecule has 0 radical (unpaired) electrons. The van der Waals surface area contributed by atoms with Gasteiger partial charge in [0.1, 0.15) is 5.75 Å². The zero-order chi connectivity index (χ0) is 10.1. The Balaban J connectivity index is 2.64. The molecule has 1 aromatic heterocycles. The maximum absolute atomic E-state index is 9.64. The molecule has 0 unspecified atom stereocenters. The van der Waals surface area contributed by atoms with E-state index in [0.29, 0.717) is 11.6 Å². The van der Waals surface area contributed by atoms with Gasteiger partial charge in [0.25, 0.3) is 0 Å². The third-order valence-corrected chi connectivity index (χ3v) is 4.31. The predicted octanol–water partition coefficient (Wildman–Crippen LogP) is 4.07. The molecule has 2 aromatic rings. The van der Waals surface area contributed by atoms with E-state index < -0.39 is 0 Å². The number of alkyl halides is 1. The van der Waals surface area contributed by atoms with E-state index >= 15 is 0 Å². The number of rotatable bonds is 2. The largest absolute Gasteiger partial charge is 0.507 e. The lowest BCUT2D eigenvalue weighted by Crippen LogP contribution is -1.71. The monoisotopic (exact) mass is 244 g/mol. The summed E-state index contributed by atoms with van der Waals surface area (Å²) in [6, 6.07) is 5.88. The van der Waals surface area contributed by atoms with Gasteiger partial charge in [-0.3, -0.25) is 0 Å². The van der Waals surface area contributed by atoms with E-state index in [1.165, 1.54) is 0 Å². The van der Waals surface area contributed by atoms with Crippen LogP contribution in [0.2, 0.25) is 0 Å². The number of thioether (sulfide) groups is 1. The van der Waals surface area contributed by atoms with Gasteiger partial charge in [-0.25, -0.2) is 0 Å². The summed E-state index contributed by atoms with van der Waals surface area (Å²) in [6.45, 7) is 0. The van der Waals surface area contributed by atoms with Crippen LogP contribution in [0.25, 0.3) is 10.1 Å². The third kappa shape index (κ3) is 1.72. The Morgan fingerprint density at radius 1 is 1.43 bits per heavy atom. The Kier molecular flexibility index (Phi) is 2.91. The Bertz CT molecular complexity index is 464. The first-order chi connectivity index (χ1) is 6.74. The topological polar surface area (TPSA) is 20.2 Å². The maximum Gasteiger partial charge on any atom is 0.130 e. The van der Waals surface area contributed by atoms with E-state index in [4.69, 9.17) is 11.6 Å². The summed E-state index contributed by atoms with van der Waals surface area (Å²) in [7, 11) is 0. The molecule has 0 aliphatic heterocycles. The minimum atomic E-state index is 0.355. The number of phenols is 1. The molecule has 0 spiro atoms. The Hall–Kier alpha value is -0.380. The zero-order valence-electron chi connectivity index (χ0n) is 7.58. The smallest absolute Gasteiger partial charge is 0.130 e.